The SMILES string of the molecule is COC(=O)[C@@]12CCC3=C(CC[C@@H]4[C@@]5(C)CC[C@H](O)C(C)(C)[C@@H]5CC[C@@]34C)[C@@H]1CC(C)(C)CC2. The Morgan fingerprint density at radius 1 is 0.879 bits per heavy atom. The first kappa shape index (κ1) is 23.9. The minimum atomic E-state index is -0.287. The number of carbonyl (C=O) groups excluding carboxylic acids is 1. The van der Waals surface area contributed by atoms with E-state index in [-0.39, 0.29) is 28.3 Å². The Morgan fingerprint density at radius 3 is 2.30 bits per heavy atom. The van der Waals surface area contributed by atoms with Gasteiger partial charge in [0, 0.05) is 0 Å². The molecule has 0 aromatic heterocycles. The Balaban J connectivity index is 1.57. The van der Waals surface area contributed by atoms with Crippen LogP contribution >= 0.6 is 0 Å². The van der Waals surface area contributed by atoms with Gasteiger partial charge in [0.05, 0.1) is 18.6 Å². The molecule has 3 saturated carbocycles. The monoisotopic (exact) mass is 456 g/mol. The van der Waals surface area contributed by atoms with E-state index < -0.39 is 0 Å². The molecule has 3 fully saturated rings. The van der Waals surface area contributed by atoms with Crippen LogP contribution in [0.5, 0.6) is 0 Å². The van der Waals surface area contributed by atoms with Crippen LogP contribution in [0, 0.1) is 44.8 Å². The van der Waals surface area contributed by atoms with E-state index >= 15 is 0 Å². The number of carbonyl (C=O) groups is 1. The van der Waals surface area contributed by atoms with Gasteiger partial charge in [-0.05, 0) is 110 Å². The van der Waals surface area contributed by atoms with Crippen LogP contribution in [-0.4, -0.2) is 24.3 Å². The molecule has 0 heterocycles. The van der Waals surface area contributed by atoms with Gasteiger partial charge in [0.1, 0.15) is 0 Å². The van der Waals surface area contributed by atoms with Gasteiger partial charge in [-0.25, -0.2) is 0 Å². The lowest BCUT2D eigenvalue weighted by molar-refractivity contribution is -0.172. The van der Waals surface area contributed by atoms with Gasteiger partial charge in [0.25, 0.3) is 0 Å². The van der Waals surface area contributed by atoms with Crippen molar-refractivity contribution in [3.63, 3.8) is 0 Å². The van der Waals surface area contributed by atoms with Crippen molar-refractivity contribution in [1.82, 2.24) is 0 Å². The van der Waals surface area contributed by atoms with E-state index in [2.05, 4.69) is 41.5 Å². The second-order valence-corrected chi connectivity index (χ2v) is 14.6. The highest BCUT2D eigenvalue weighted by Gasteiger charge is 2.64. The lowest BCUT2D eigenvalue weighted by atomic mass is 9.38. The predicted molar refractivity (Wildman–Crippen MR) is 133 cm³/mol. The molecule has 186 valence electrons. The second kappa shape index (κ2) is 7.34. The highest BCUT2D eigenvalue weighted by Crippen LogP contribution is 2.71. The number of hydrogen-bond donors (Lipinski definition) is 1. The van der Waals surface area contributed by atoms with Gasteiger partial charge >= 0.3 is 5.97 Å². The molecule has 0 aromatic rings. The number of hydrogen-bond acceptors (Lipinski definition) is 3. The fraction of sp³-hybridized carbons (Fsp3) is 0.900. The zero-order chi connectivity index (χ0) is 24.0. The molecule has 7 atom stereocenters. The molecule has 0 aliphatic heterocycles. The molecule has 3 nitrogen and oxygen atoms in total. The van der Waals surface area contributed by atoms with Crippen LogP contribution in [0.15, 0.2) is 11.1 Å². The van der Waals surface area contributed by atoms with Crippen LogP contribution in [0.1, 0.15) is 112 Å². The molecule has 0 radical (unpaired) electrons. The number of rotatable bonds is 1. The summed E-state index contributed by atoms with van der Waals surface area (Å²) < 4.78 is 5.46. The van der Waals surface area contributed by atoms with E-state index in [1.807, 2.05) is 0 Å². The summed E-state index contributed by atoms with van der Waals surface area (Å²) in [5.74, 6) is 1.71. The fourth-order valence-corrected chi connectivity index (χ4v) is 10.4. The Kier molecular flexibility index (Phi) is 5.31. The van der Waals surface area contributed by atoms with Gasteiger partial charge in [-0.3, -0.25) is 4.79 Å². The standard InChI is InChI=1S/C30H48O3/c1-26(2)16-17-30(25(32)33-7)15-10-20-19(21(30)18-26)8-9-23-28(20,5)13-11-22-27(3,4)24(31)12-14-29(22,23)6/h21-24,31H,8-18H2,1-7H3/t21-,22-,23-,24-,28-,29-,30+/m0/s1. The molecule has 0 bridgehead atoms. The number of esters is 1. The quantitative estimate of drug-likeness (QED) is 0.339. The molecule has 0 spiro atoms. The van der Waals surface area contributed by atoms with Crippen molar-refractivity contribution in [2.24, 2.45) is 44.8 Å². The number of methoxy groups -OCH3 is 1. The fourth-order valence-electron chi connectivity index (χ4n) is 10.4. The summed E-state index contributed by atoms with van der Waals surface area (Å²) >= 11 is 0. The Hall–Kier alpha value is -0.830. The van der Waals surface area contributed by atoms with Gasteiger partial charge in [-0.2, -0.15) is 0 Å². The molecule has 0 saturated heterocycles. The van der Waals surface area contributed by atoms with Gasteiger partial charge in [0.15, 0.2) is 0 Å². The molecule has 3 heteroatoms. The largest absolute Gasteiger partial charge is 0.469 e. The molecule has 5 aliphatic rings. The first-order valence-electron chi connectivity index (χ1n) is 13.8. The first-order chi connectivity index (χ1) is 15.3. The van der Waals surface area contributed by atoms with E-state index in [1.54, 1.807) is 18.3 Å². The highest BCUT2D eigenvalue weighted by atomic mass is 16.5. The smallest absolute Gasteiger partial charge is 0.312 e. The minimum absolute atomic E-state index is 0.00296. The number of aliphatic hydroxyl groups excluding tert-OH is 1. The van der Waals surface area contributed by atoms with Crippen molar-refractivity contribution in [3.8, 4) is 0 Å². The van der Waals surface area contributed by atoms with Gasteiger partial charge in [-0.1, -0.05) is 52.7 Å². The summed E-state index contributed by atoms with van der Waals surface area (Å²) in [5, 5.41) is 10.9. The highest BCUT2D eigenvalue weighted by molar-refractivity contribution is 5.78. The summed E-state index contributed by atoms with van der Waals surface area (Å²) in [7, 11) is 1.59. The van der Waals surface area contributed by atoms with Crippen molar-refractivity contribution in [2.75, 3.05) is 7.11 Å². The molecule has 5 rings (SSSR count). The topological polar surface area (TPSA) is 46.5 Å². The van der Waals surface area contributed by atoms with E-state index in [1.165, 1.54) is 25.7 Å². The molecule has 5 aliphatic carbocycles. The van der Waals surface area contributed by atoms with Gasteiger partial charge < -0.3 is 9.84 Å². The van der Waals surface area contributed by atoms with Crippen LogP contribution in [0.4, 0.5) is 0 Å². The minimum Gasteiger partial charge on any atom is -0.469 e. The lowest BCUT2D eigenvalue weighted by Crippen LogP contribution is -2.60. The van der Waals surface area contributed by atoms with Crippen molar-refractivity contribution >= 4 is 5.97 Å². The summed E-state index contributed by atoms with van der Waals surface area (Å²) in [4.78, 5) is 13.2. The molecule has 1 N–H and O–H groups in total. The summed E-state index contributed by atoms with van der Waals surface area (Å²) in [5.41, 5.74) is 3.97. The van der Waals surface area contributed by atoms with Gasteiger partial charge in [0.2, 0.25) is 0 Å². The Labute approximate surface area is 202 Å². The van der Waals surface area contributed by atoms with E-state index in [9.17, 15) is 9.90 Å². The molecular formula is C30H48O3. The number of ether oxygens (including phenoxy) is 1. The first-order valence-corrected chi connectivity index (χ1v) is 13.8. The van der Waals surface area contributed by atoms with Crippen LogP contribution in [-0.2, 0) is 9.53 Å². The summed E-state index contributed by atoms with van der Waals surface area (Å²) in [6.45, 7) is 14.6. The second-order valence-electron chi connectivity index (χ2n) is 14.6. The lowest BCUT2D eigenvalue weighted by Gasteiger charge is -2.66. The molecule has 0 aromatic carbocycles. The molecule has 0 amide bonds. The number of fused-ring (bicyclic) bond motifs is 6. The van der Waals surface area contributed by atoms with E-state index in [0.717, 1.165) is 44.9 Å². The zero-order valence-electron chi connectivity index (χ0n) is 22.4. The third-order valence-corrected chi connectivity index (χ3v) is 12.3. The molecular weight excluding hydrogens is 408 g/mol. The third-order valence-electron chi connectivity index (χ3n) is 12.3. The number of aliphatic hydroxyl groups is 1. The van der Waals surface area contributed by atoms with E-state index in [4.69, 9.17) is 4.74 Å². The van der Waals surface area contributed by atoms with Crippen LogP contribution in [0.3, 0.4) is 0 Å². The summed E-state index contributed by atoms with van der Waals surface area (Å²) in [6, 6.07) is 0. The molecule has 0 unspecified atom stereocenters. The third kappa shape index (κ3) is 3.12. The summed E-state index contributed by atoms with van der Waals surface area (Å²) in [6.07, 6.45) is 12.1. The van der Waals surface area contributed by atoms with Crippen molar-refractivity contribution in [3.05, 3.63) is 11.1 Å². The Bertz CT molecular complexity index is 868. The maximum absolute atomic E-state index is 13.2. The van der Waals surface area contributed by atoms with Crippen LogP contribution in [0.25, 0.3) is 0 Å². The zero-order valence-corrected chi connectivity index (χ0v) is 22.4. The Morgan fingerprint density at radius 2 is 1.61 bits per heavy atom. The molecule has 33 heavy (non-hydrogen) atoms. The van der Waals surface area contributed by atoms with Crippen molar-refractivity contribution in [1.29, 1.82) is 0 Å². The number of allylic oxidation sites excluding steroid dienone is 2. The van der Waals surface area contributed by atoms with Crippen molar-refractivity contribution in [2.45, 2.75) is 118 Å². The van der Waals surface area contributed by atoms with Gasteiger partial charge in [-0.15, -0.1) is 0 Å². The normalized spacial score (nSPS) is 48.1. The average molecular weight is 457 g/mol. The maximum Gasteiger partial charge on any atom is 0.312 e. The van der Waals surface area contributed by atoms with Crippen LogP contribution in [0.2, 0.25) is 0 Å². The van der Waals surface area contributed by atoms with Crippen molar-refractivity contribution < 1.29 is 14.6 Å². The maximum atomic E-state index is 13.2. The average Bonchev–Trinajstić information content (AvgIpc) is 2.75. The predicted octanol–water partition coefficient (Wildman–Crippen LogP) is 7.08. The van der Waals surface area contributed by atoms with Crippen LogP contribution < -0.4 is 0 Å². The van der Waals surface area contributed by atoms with E-state index in [0.29, 0.717) is 28.6 Å².